The molecule has 3 rings (SSSR count). The Morgan fingerprint density at radius 2 is 1.79 bits per heavy atom. The van der Waals surface area contributed by atoms with Gasteiger partial charge in [0.2, 0.25) is 10.0 Å². The molecular weight excluding hydrogens is 460 g/mol. The second-order valence-corrected chi connectivity index (χ2v) is 9.98. The second kappa shape index (κ2) is 11.4. The predicted molar refractivity (Wildman–Crippen MR) is 126 cm³/mol. The van der Waals surface area contributed by atoms with E-state index in [1.54, 1.807) is 25.2 Å². The summed E-state index contributed by atoms with van der Waals surface area (Å²) in [5.74, 6) is 0.229. The summed E-state index contributed by atoms with van der Waals surface area (Å²) >= 11 is 0. The molecule has 0 radical (unpaired) electrons. The Kier molecular flexibility index (Phi) is 8.56. The standard InChI is InChI=1S/C23H32N4O6S/c1-4-24-22(28)16-33-20-9-8-17(12-21(20)32-3)14-25-23(29)19-13-18(15-26(19)2)34(30,31)27-10-6-5-7-11-27/h8-9,12-13,15H,4-7,10-11,14,16H2,1-3H3,(H,24,28)(H,25,29). The second-order valence-electron chi connectivity index (χ2n) is 8.05. The Hall–Kier alpha value is -3.05. The number of carbonyl (C=O) groups is 2. The highest BCUT2D eigenvalue weighted by molar-refractivity contribution is 7.89. The third-order valence-corrected chi connectivity index (χ3v) is 7.44. The third-order valence-electron chi connectivity index (χ3n) is 5.58. The molecule has 186 valence electrons. The fourth-order valence-corrected chi connectivity index (χ4v) is 5.35. The zero-order valence-corrected chi connectivity index (χ0v) is 20.6. The van der Waals surface area contributed by atoms with Crippen molar-refractivity contribution in [2.24, 2.45) is 7.05 Å². The van der Waals surface area contributed by atoms with Gasteiger partial charge in [0.25, 0.3) is 11.8 Å². The fraction of sp³-hybridized carbons (Fsp3) is 0.478. The number of aryl methyl sites for hydroxylation is 1. The van der Waals surface area contributed by atoms with E-state index in [1.807, 2.05) is 6.92 Å². The first kappa shape index (κ1) is 25.6. The normalized spacial score (nSPS) is 14.4. The van der Waals surface area contributed by atoms with Gasteiger partial charge < -0.3 is 24.7 Å². The molecule has 1 aliphatic heterocycles. The smallest absolute Gasteiger partial charge is 0.268 e. The van der Waals surface area contributed by atoms with Gasteiger partial charge in [-0.3, -0.25) is 9.59 Å². The van der Waals surface area contributed by atoms with Gasteiger partial charge in [-0.15, -0.1) is 0 Å². The summed E-state index contributed by atoms with van der Waals surface area (Å²) in [4.78, 5) is 24.5. The van der Waals surface area contributed by atoms with Crippen molar-refractivity contribution >= 4 is 21.8 Å². The van der Waals surface area contributed by atoms with Gasteiger partial charge in [-0.05, 0) is 43.5 Å². The molecule has 1 aromatic heterocycles. The van der Waals surface area contributed by atoms with Gasteiger partial charge in [0.15, 0.2) is 18.1 Å². The van der Waals surface area contributed by atoms with E-state index < -0.39 is 15.9 Å². The predicted octanol–water partition coefficient (Wildman–Crippen LogP) is 1.65. The summed E-state index contributed by atoms with van der Waals surface area (Å²) in [5, 5.41) is 5.46. The number of aromatic nitrogens is 1. The van der Waals surface area contributed by atoms with E-state index in [0.29, 0.717) is 31.1 Å². The van der Waals surface area contributed by atoms with E-state index in [-0.39, 0.29) is 29.6 Å². The van der Waals surface area contributed by atoms with Gasteiger partial charge in [0, 0.05) is 39.4 Å². The Bertz CT molecular complexity index is 1120. The van der Waals surface area contributed by atoms with E-state index in [0.717, 1.165) is 24.8 Å². The van der Waals surface area contributed by atoms with Crippen molar-refractivity contribution in [3.63, 3.8) is 0 Å². The molecule has 0 atom stereocenters. The zero-order chi connectivity index (χ0) is 24.7. The van der Waals surface area contributed by atoms with Crippen molar-refractivity contribution in [1.82, 2.24) is 19.5 Å². The summed E-state index contributed by atoms with van der Waals surface area (Å²) in [6.07, 6.45) is 4.19. The first-order valence-corrected chi connectivity index (χ1v) is 12.7. The molecule has 2 N–H and O–H groups in total. The van der Waals surface area contributed by atoms with Crippen LogP contribution in [0, 0.1) is 0 Å². The highest BCUT2D eigenvalue weighted by Crippen LogP contribution is 2.28. The Balaban J connectivity index is 1.65. The number of carbonyl (C=O) groups excluding carboxylic acids is 2. The van der Waals surface area contributed by atoms with Crippen LogP contribution < -0.4 is 20.1 Å². The number of benzene rings is 1. The van der Waals surface area contributed by atoms with Crippen molar-refractivity contribution < 1.29 is 27.5 Å². The van der Waals surface area contributed by atoms with E-state index >= 15 is 0 Å². The van der Waals surface area contributed by atoms with Gasteiger partial charge in [-0.1, -0.05) is 12.5 Å². The highest BCUT2D eigenvalue weighted by atomic mass is 32.2. The van der Waals surface area contributed by atoms with Gasteiger partial charge in [-0.2, -0.15) is 4.31 Å². The summed E-state index contributed by atoms with van der Waals surface area (Å²) < 4.78 is 39.7. The lowest BCUT2D eigenvalue weighted by atomic mass is 10.2. The van der Waals surface area contributed by atoms with Crippen LogP contribution in [0.2, 0.25) is 0 Å². The summed E-state index contributed by atoms with van der Waals surface area (Å²) in [5.41, 5.74) is 1.01. The maximum atomic E-state index is 12.9. The van der Waals surface area contributed by atoms with Crippen LogP contribution in [0.4, 0.5) is 0 Å². The molecule has 1 aromatic carbocycles. The van der Waals surface area contributed by atoms with Gasteiger partial charge >= 0.3 is 0 Å². The maximum Gasteiger partial charge on any atom is 0.268 e. The zero-order valence-electron chi connectivity index (χ0n) is 19.8. The number of piperidine rings is 1. The molecule has 1 saturated heterocycles. The van der Waals surface area contributed by atoms with E-state index in [1.165, 1.54) is 28.2 Å². The van der Waals surface area contributed by atoms with E-state index in [2.05, 4.69) is 10.6 Å². The highest BCUT2D eigenvalue weighted by Gasteiger charge is 2.28. The SMILES string of the molecule is CCNC(=O)COc1ccc(CNC(=O)c2cc(S(=O)(=O)N3CCCCC3)cn2C)cc1OC. The molecule has 0 spiro atoms. The summed E-state index contributed by atoms with van der Waals surface area (Å²) in [7, 11) is -0.482. The van der Waals surface area contributed by atoms with Gasteiger partial charge in [-0.25, -0.2) is 8.42 Å². The van der Waals surface area contributed by atoms with Crippen LogP contribution in [-0.4, -0.2) is 62.5 Å². The number of likely N-dealkylation sites (N-methyl/N-ethyl adjacent to an activating group) is 1. The summed E-state index contributed by atoms with van der Waals surface area (Å²) in [6.45, 7) is 3.42. The quantitative estimate of drug-likeness (QED) is 0.521. The molecule has 2 amide bonds. The van der Waals surface area contributed by atoms with Gasteiger partial charge in [0.1, 0.15) is 10.6 Å². The van der Waals surface area contributed by atoms with Crippen molar-refractivity contribution in [3.8, 4) is 11.5 Å². The molecule has 2 aromatic rings. The minimum Gasteiger partial charge on any atom is -0.493 e. The number of nitrogens with zero attached hydrogens (tertiary/aromatic N) is 2. The molecule has 34 heavy (non-hydrogen) atoms. The molecule has 1 aliphatic rings. The van der Waals surface area contributed by atoms with E-state index in [4.69, 9.17) is 9.47 Å². The Morgan fingerprint density at radius 1 is 1.06 bits per heavy atom. The average Bonchev–Trinajstić information content (AvgIpc) is 3.24. The van der Waals surface area contributed by atoms with Crippen LogP contribution in [-0.2, 0) is 28.4 Å². The lowest BCUT2D eigenvalue weighted by molar-refractivity contribution is -0.123. The van der Waals surface area contributed by atoms with Crippen LogP contribution in [0.25, 0.3) is 0 Å². The molecule has 10 nitrogen and oxygen atoms in total. The number of methoxy groups -OCH3 is 1. The average molecular weight is 493 g/mol. The topological polar surface area (TPSA) is 119 Å². The van der Waals surface area contributed by atoms with E-state index in [9.17, 15) is 18.0 Å². The number of sulfonamides is 1. The number of nitrogens with one attached hydrogen (secondary N) is 2. The molecule has 1 fully saturated rings. The monoisotopic (exact) mass is 492 g/mol. The largest absolute Gasteiger partial charge is 0.493 e. The lowest BCUT2D eigenvalue weighted by Gasteiger charge is -2.25. The number of amides is 2. The minimum absolute atomic E-state index is 0.123. The number of hydrogen-bond donors (Lipinski definition) is 2. The molecule has 0 bridgehead atoms. The Labute approximate surface area is 200 Å². The van der Waals surface area contributed by atoms with Crippen LogP contribution in [0.15, 0.2) is 35.4 Å². The fourth-order valence-electron chi connectivity index (χ4n) is 3.76. The minimum atomic E-state index is -3.62. The number of hydrogen-bond acceptors (Lipinski definition) is 6. The summed E-state index contributed by atoms with van der Waals surface area (Å²) in [6, 6.07) is 6.56. The number of ether oxygens (including phenoxy) is 2. The Morgan fingerprint density at radius 3 is 2.47 bits per heavy atom. The molecule has 0 saturated carbocycles. The van der Waals surface area contributed by atoms with Crippen molar-refractivity contribution in [2.75, 3.05) is 33.4 Å². The van der Waals surface area contributed by atoms with Crippen molar-refractivity contribution in [3.05, 3.63) is 41.7 Å². The van der Waals surface area contributed by atoms with Crippen LogP contribution in [0.3, 0.4) is 0 Å². The van der Waals surface area contributed by atoms with Crippen molar-refractivity contribution in [1.29, 1.82) is 0 Å². The van der Waals surface area contributed by atoms with Gasteiger partial charge in [0.05, 0.1) is 7.11 Å². The van der Waals surface area contributed by atoms with Crippen LogP contribution in [0.5, 0.6) is 11.5 Å². The van der Waals surface area contributed by atoms with Crippen LogP contribution in [0.1, 0.15) is 42.2 Å². The molecule has 0 aliphatic carbocycles. The van der Waals surface area contributed by atoms with Crippen LogP contribution >= 0.6 is 0 Å². The maximum absolute atomic E-state index is 12.9. The lowest BCUT2D eigenvalue weighted by Crippen LogP contribution is -2.35. The molecular formula is C23H32N4O6S. The first-order valence-electron chi connectivity index (χ1n) is 11.3. The molecule has 2 heterocycles. The molecule has 11 heteroatoms. The number of rotatable bonds is 10. The van der Waals surface area contributed by atoms with Crippen molar-refractivity contribution in [2.45, 2.75) is 37.6 Å². The third kappa shape index (κ3) is 6.09. The molecule has 0 unspecified atom stereocenters. The first-order chi connectivity index (χ1) is 16.3.